The molecule has 0 unspecified atom stereocenters. The average Bonchev–Trinajstić information content (AvgIpc) is 2.47. The predicted octanol–water partition coefficient (Wildman–Crippen LogP) is 4.63. The minimum atomic E-state index is -0.430. The van der Waals surface area contributed by atoms with Crippen molar-refractivity contribution in [3.63, 3.8) is 0 Å². The molecule has 3 atom stereocenters. The van der Waals surface area contributed by atoms with Gasteiger partial charge in [-0.05, 0) is 49.3 Å². The molecule has 0 N–H and O–H groups in total. The zero-order chi connectivity index (χ0) is 15.0. The van der Waals surface area contributed by atoms with Gasteiger partial charge < -0.3 is 4.90 Å². The molecular formula is C17H21BrFNO. The Morgan fingerprint density at radius 2 is 2.05 bits per heavy atom. The molecule has 0 radical (unpaired) electrons. The van der Waals surface area contributed by atoms with E-state index >= 15 is 0 Å². The first kappa shape index (κ1) is 15.0. The number of likely N-dealkylation sites (tertiary alicyclic amines) is 1. The smallest absolute Gasteiger partial charge is 0.257 e. The third kappa shape index (κ3) is 2.87. The van der Waals surface area contributed by atoms with Gasteiger partial charge in [0.2, 0.25) is 0 Å². The topological polar surface area (TPSA) is 20.3 Å². The van der Waals surface area contributed by atoms with Crippen molar-refractivity contribution in [3.05, 3.63) is 34.1 Å². The van der Waals surface area contributed by atoms with Gasteiger partial charge in [-0.2, -0.15) is 0 Å². The van der Waals surface area contributed by atoms with E-state index in [1.807, 2.05) is 4.90 Å². The Morgan fingerprint density at radius 3 is 2.81 bits per heavy atom. The van der Waals surface area contributed by atoms with Crippen LogP contribution in [0.4, 0.5) is 4.39 Å². The fourth-order valence-electron chi connectivity index (χ4n) is 3.98. The van der Waals surface area contributed by atoms with Crippen LogP contribution >= 0.6 is 15.9 Å². The van der Waals surface area contributed by atoms with Gasteiger partial charge >= 0.3 is 0 Å². The molecule has 1 aromatic carbocycles. The van der Waals surface area contributed by atoms with E-state index in [2.05, 4.69) is 22.9 Å². The first-order valence-electron chi connectivity index (χ1n) is 7.84. The molecule has 1 heterocycles. The number of amides is 1. The van der Waals surface area contributed by atoms with Crippen LogP contribution in [0, 0.1) is 17.7 Å². The Balaban J connectivity index is 1.86. The summed E-state index contributed by atoms with van der Waals surface area (Å²) in [5.41, 5.74) is 0.206. The van der Waals surface area contributed by atoms with Gasteiger partial charge in [-0.15, -0.1) is 0 Å². The van der Waals surface area contributed by atoms with Gasteiger partial charge in [0.1, 0.15) is 5.82 Å². The van der Waals surface area contributed by atoms with Gasteiger partial charge in [0.15, 0.2) is 0 Å². The summed E-state index contributed by atoms with van der Waals surface area (Å²) in [6, 6.07) is 5.01. The van der Waals surface area contributed by atoms with Crippen LogP contribution in [0.2, 0.25) is 0 Å². The lowest BCUT2D eigenvalue weighted by Crippen LogP contribution is -2.52. The lowest BCUT2D eigenvalue weighted by atomic mass is 9.72. The van der Waals surface area contributed by atoms with Crippen molar-refractivity contribution in [2.75, 3.05) is 6.54 Å². The SMILES string of the molecule is C[C@H]1CCN(C(=O)c2ccc(Br)cc2F)[C@H]2CCCC[C@@H]12. The Morgan fingerprint density at radius 1 is 1.29 bits per heavy atom. The Kier molecular flexibility index (Phi) is 4.34. The average molecular weight is 354 g/mol. The minimum Gasteiger partial charge on any atom is -0.335 e. The van der Waals surface area contributed by atoms with E-state index in [0.29, 0.717) is 22.4 Å². The number of halogens is 2. The number of piperidine rings is 1. The molecule has 1 aromatic rings. The van der Waals surface area contributed by atoms with Crippen molar-refractivity contribution in [2.45, 2.75) is 45.1 Å². The molecule has 4 heteroatoms. The summed E-state index contributed by atoms with van der Waals surface area (Å²) >= 11 is 3.24. The number of hydrogen-bond donors (Lipinski definition) is 0. The van der Waals surface area contributed by atoms with Gasteiger partial charge in [0, 0.05) is 17.1 Å². The third-order valence-corrected chi connectivity index (χ3v) is 5.65. The maximum absolute atomic E-state index is 14.1. The summed E-state index contributed by atoms with van der Waals surface area (Å²) in [6.45, 7) is 3.06. The van der Waals surface area contributed by atoms with E-state index in [-0.39, 0.29) is 11.5 Å². The van der Waals surface area contributed by atoms with Crippen LogP contribution < -0.4 is 0 Å². The number of carbonyl (C=O) groups is 1. The summed E-state index contributed by atoms with van der Waals surface area (Å²) in [4.78, 5) is 14.7. The Labute approximate surface area is 133 Å². The summed E-state index contributed by atoms with van der Waals surface area (Å²) in [5, 5.41) is 0. The van der Waals surface area contributed by atoms with Crippen molar-refractivity contribution >= 4 is 21.8 Å². The van der Waals surface area contributed by atoms with E-state index in [0.717, 1.165) is 19.4 Å². The number of benzene rings is 1. The second-order valence-electron chi connectivity index (χ2n) is 6.40. The van der Waals surface area contributed by atoms with Crippen molar-refractivity contribution in [2.24, 2.45) is 11.8 Å². The number of nitrogens with zero attached hydrogens (tertiary/aromatic N) is 1. The largest absolute Gasteiger partial charge is 0.335 e. The lowest BCUT2D eigenvalue weighted by Gasteiger charge is -2.47. The highest BCUT2D eigenvalue weighted by molar-refractivity contribution is 9.10. The second-order valence-corrected chi connectivity index (χ2v) is 7.32. The fourth-order valence-corrected chi connectivity index (χ4v) is 4.32. The Bertz CT molecular complexity index is 548. The van der Waals surface area contributed by atoms with Gasteiger partial charge in [-0.1, -0.05) is 35.7 Å². The van der Waals surface area contributed by atoms with Crippen molar-refractivity contribution in [1.82, 2.24) is 4.90 Å². The van der Waals surface area contributed by atoms with E-state index in [1.54, 1.807) is 12.1 Å². The molecule has 1 aliphatic heterocycles. The van der Waals surface area contributed by atoms with Crippen LogP contribution in [0.15, 0.2) is 22.7 Å². The van der Waals surface area contributed by atoms with Crippen LogP contribution in [-0.2, 0) is 0 Å². The number of rotatable bonds is 1. The first-order chi connectivity index (χ1) is 10.1. The molecular weight excluding hydrogens is 333 g/mol. The maximum atomic E-state index is 14.1. The molecule has 2 nitrogen and oxygen atoms in total. The molecule has 0 spiro atoms. The minimum absolute atomic E-state index is 0.135. The van der Waals surface area contributed by atoms with Crippen LogP contribution in [0.3, 0.4) is 0 Å². The predicted molar refractivity (Wildman–Crippen MR) is 84.7 cm³/mol. The highest BCUT2D eigenvalue weighted by Crippen LogP contribution is 2.39. The van der Waals surface area contributed by atoms with Crippen LogP contribution in [-0.4, -0.2) is 23.4 Å². The molecule has 3 rings (SSSR count). The lowest BCUT2D eigenvalue weighted by molar-refractivity contribution is 0.0214. The van der Waals surface area contributed by atoms with Crippen LogP contribution in [0.25, 0.3) is 0 Å². The molecule has 1 saturated heterocycles. The van der Waals surface area contributed by atoms with E-state index < -0.39 is 5.82 Å². The molecule has 1 amide bonds. The van der Waals surface area contributed by atoms with Gasteiger partial charge in [-0.3, -0.25) is 4.79 Å². The van der Waals surface area contributed by atoms with Crippen LogP contribution in [0.1, 0.15) is 49.4 Å². The normalized spacial score (nSPS) is 29.1. The standard InChI is InChI=1S/C17H21BrFNO/c1-11-8-9-20(16-5-3-2-4-13(11)16)17(21)14-7-6-12(18)10-15(14)19/h6-7,10-11,13,16H,2-5,8-9H2,1H3/t11-,13-,16-/m0/s1. The quantitative estimate of drug-likeness (QED) is 0.720. The summed E-state index contributed by atoms with van der Waals surface area (Å²) in [7, 11) is 0. The highest BCUT2D eigenvalue weighted by atomic mass is 79.9. The molecule has 2 aliphatic rings. The Hall–Kier alpha value is -0.900. The molecule has 1 aliphatic carbocycles. The zero-order valence-corrected chi connectivity index (χ0v) is 13.9. The molecule has 2 fully saturated rings. The summed E-state index contributed by atoms with van der Waals surface area (Å²) < 4.78 is 14.7. The second kappa shape index (κ2) is 6.07. The summed E-state index contributed by atoms with van der Waals surface area (Å²) in [5.74, 6) is 0.702. The number of carbonyl (C=O) groups excluding carboxylic acids is 1. The van der Waals surface area contributed by atoms with Crippen molar-refractivity contribution in [1.29, 1.82) is 0 Å². The zero-order valence-electron chi connectivity index (χ0n) is 12.3. The fraction of sp³-hybridized carbons (Fsp3) is 0.588. The third-order valence-electron chi connectivity index (χ3n) is 5.16. The summed E-state index contributed by atoms with van der Waals surface area (Å²) in [6.07, 6.45) is 5.75. The van der Waals surface area contributed by atoms with Gasteiger partial charge in [0.25, 0.3) is 5.91 Å². The molecule has 21 heavy (non-hydrogen) atoms. The highest BCUT2D eigenvalue weighted by Gasteiger charge is 2.39. The van der Waals surface area contributed by atoms with Gasteiger partial charge in [0.05, 0.1) is 5.56 Å². The molecule has 0 bridgehead atoms. The number of fused-ring (bicyclic) bond motifs is 1. The van der Waals surface area contributed by atoms with Crippen LogP contribution in [0.5, 0.6) is 0 Å². The number of hydrogen-bond acceptors (Lipinski definition) is 1. The monoisotopic (exact) mass is 353 g/mol. The van der Waals surface area contributed by atoms with E-state index in [4.69, 9.17) is 0 Å². The van der Waals surface area contributed by atoms with Crippen molar-refractivity contribution in [3.8, 4) is 0 Å². The van der Waals surface area contributed by atoms with E-state index in [1.165, 1.54) is 25.3 Å². The van der Waals surface area contributed by atoms with Crippen molar-refractivity contribution < 1.29 is 9.18 Å². The first-order valence-corrected chi connectivity index (χ1v) is 8.63. The van der Waals surface area contributed by atoms with E-state index in [9.17, 15) is 9.18 Å². The van der Waals surface area contributed by atoms with Gasteiger partial charge in [-0.25, -0.2) is 4.39 Å². The maximum Gasteiger partial charge on any atom is 0.257 e. The molecule has 0 aromatic heterocycles. The molecule has 1 saturated carbocycles. The molecule has 114 valence electrons.